The van der Waals surface area contributed by atoms with Gasteiger partial charge in [0.2, 0.25) is 0 Å². The van der Waals surface area contributed by atoms with Crippen molar-refractivity contribution in [1.82, 2.24) is 34.7 Å². The van der Waals surface area contributed by atoms with E-state index in [4.69, 9.17) is 16.7 Å². The van der Waals surface area contributed by atoms with Gasteiger partial charge in [-0.15, -0.1) is 16.4 Å². The van der Waals surface area contributed by atoms with Gasteiger partial charge in [-0.25, -0.2) is 9.78 Å². The summed E-state index contributed by atoms with van der Waals surface area (Å²) in [5.74, 6) is -0.288. The smallest absolute Gasteiger partial charge is 0.328 e. The molecule has 0 spiro atoms. The monoisotopic (exact) mass is 531 g/mol. The Morgan fingerprint density at radius 2 is 2.11 bits per heavy atom. The third kappa shape index (κ3) is 4.39. The maximum atomic E-state index is 13.4. The summed E-state index contributed by atoms with van der Waals surface area (Å²) in [6.45, 7) is 0. The van der Waals surface area contributed by atoms with E-state index in [1.807, 2.05) is 23.6 Å². The van der Waals surface area contributed by atoms with Crippen molar-refractivity contribution < 1.29 is 9.90 Å². The normalized spacial score (nSPS) is 14.9. The molecule has 12 heteroatoms. The third-order valence-electron chi connectivity index (χ3n) is 6.23. The predicted molar refractivity (Wildman–Crippen MR) is 139 cm³/mol. The Labute approximate surface area is 218 Å². The topological polar surface area (TPSA) is 132 Å². The molecular formula is C25H18ClN7O3S. The van der Waals surface area contributed by atoms with Crippen molar-refractivity contribution in [2.75, 3.05) is 0 Å². The maximum absolute atomic E-state index is 13.4. The van der Waals surface area contributed by atoms with E-state index in [0.29, 0.717) is 17.3 Å². The number of nitrogens with zero attached hydrogens (tertiary/aromatic N) is 6. The van der Waals surface area contributed by atoms with Gasteiger partial charge in [-0.05, 0) is 65.2 Å². The van der Waals surface area contributed by atoms with Gasteiger partial charge >= 0.3 is 5.97 Å². The number of hydrogen-bond donors (Lipinski definition) is 2. The molecule has 0 unspecified atom stereocenters. The molecule has 0 aliphatic carbocycles. The zero-order chi connectivity index (χ0) is 25.5. The molecule has 5 heterocycles. The van der Waals surface area contributed by atoms with Crippen LogP contribution in [0, 0.1) is 0 Å². The van der Waals surface area contributed by atoms with Crippen molar-refractivity contribution in [3.05, 3.63) is 92.2 Å². The maximum Gasteiger partial charge on any atom is 0.328 e. The van der Waals surface area contributed by atoms with Crippen LogP contribution in [0.3, 0.4) is 0 Å². The van der Waals surface area contributed by atoms with E-state index in [9.17, 15) is 9.59 Å². The van der Waals surface area contributed by atoms with Crippen LogP contribution < -0.4 is 5.56 Å². The number of thiophene rings is 1. The number of pyridine rings is 1. The van der Waals surface area contributed by atoms with Gasteiger partial charge in [0.15, 0.2) is 0 Å². The van der Waals surface area contributed by atoms with Crippen LogP contribution in [0.4, 0.5) is 0 Å². The van der Waals surface area contributed by atoms with Gasteiger partial charge in [0.25, 0.3) is 5.56 Å². The lowest BCUT2D eigenvalue weighted by atomic mass is 10.0. The van der Waals surface area contributed by atoms with Gasteiger partial charge in [-0.3, -0.25) is 4.79 Å². The molecule has 0 fully saturated rings. The first kappa shape index (κ1) is 23.1. The number of aromatic nitrogens is 7. The number of nitrogens with one attached hydrogen (secondary N) is 1. The van der Waals surface area contributed by atoms with E-state index in [0.717, 1.165) is 51.1 Å². The molecule has 0 saturated heterocycles. The summed E-state index contributed by atoms with van der Waals surface area (Å²) < 4.78 is 3.32. The molecule has 0 bridgehead atoms. The molecule has 6 rings (SSSR count). The third-order valence-corrected chi connectivity index (χ3v) is 7.36. The van der Waals surface area contributed by atoms with E-state index in [1.165, 1.54) is 22.3 Å². The van der Waals surface area contributed by atoms with Crippen LogP contribution in [0.1, 0.15) is 28.9 Å². The second-order valence-corrected chi connectivity index (χ2v) is 9.88. The largest absolute Gasteiger partial charge is 0.478 e. The van der Waals surface area contributed by atoms with Crippen molar-refractivity contribution in [1.29, 1.82) is 0 Å². The number of rotatable bonds is 6. The number of fused-ring (bicyclic) bond motifs is 1. The summed E-state index contributed by atoms with van der Waals surface area (Å²) >= 11 is 7.73. The molecule has 1 aromatic carbocycles. The van der Waals surface area contributed by atoms with Crippen LogP contribution in [-0.2, 0) is 11.2 Å². The average Bonchev–Trinajstić information content (AvgIpc) is 3.68. The van der Waals surface area contributed by atoms with E-state index in [-0.39, 0.29) is 11.6 Å². The summed E-state index contributed by atoms with van der Waals surface area (Å²) in [5, 5.41) is 22.7. The lowest BCUT2D eigenvalue weighted by Crippen LogP contribution is -2.23. The Balaban J connectivity index is 1.33. The van der Waals surface area contributed by atoms with Crippen molar-refractivity contribution in [2.45, 2.75) is 18.9 Å². The summed E-state index contributed by atoms with van der Waals surface area (Å²) in [6, 6.07) is 10.7. The van der Waals surface area contributed by atoms with Crippen LogP contribution in [-0.4, -0.2) is 45.8 Å². The fourth-order valence-corrected chi connectivity index (χ4v) is 5.58. The highest BCUT2D eigenvalue weighted by atomic mass is 35.5. The molecule has 1 atom stereocenters. The summed E-state index contributed by atoms with van der Waals surface area (Å²) in [5.41, 5.74) is 4.71. The SMILES string of the molecule is O=C(O)/C=C/c1cc(-c2cnc([C@@H]3CCc4cc(-c5cc(Cl)ccc5-n5cnnn5)cc(=O)n43)[nH]2)cs1. The van der Waals surface area contributed by atoms with Crippen LogP contribution in [0.25, 0.3) is 34.1 Å². The molecule has 0 amide bonds. The summed E-state index contributed by atoms with van der Waals surface area (Å²) in [6.07, 6.45) is 7.35. The number of H-pyrrole nitrogens is 1. The molecule has 1 aliphatic heterocycles. The standard InChI is InChI=1S/C25H18ClN7O3S/c26-16-1-4-21(32-13-28-30-31-32)19(10-16)14-7-17-2-5-22(33(17)23(34)9-14)25-27-11-20(29-25)15-8-18(37-12-15)3-6-24(35)36/h1,3-4,6-13,22H,2,5H2,(H,27,29)(H,35,36)/b6-3+/t22-/m0/s1. The number of halogens is 1. The number of aromatic amines is 1. The molecule has 37 heavy (non-hydrogen) atoms. The highest BCUT2D eigenvalue weighted by molar-refractivity contribution is 7.11. The van der Waals surface area contributed by atoms with Gasteiger partial charge in [-0.2, -0.15) is 4.68 Å². The minimum Gasteiger partial charge on any atom is -0.478 e. The van der Waals surface area contributed by atoms with E-state index in [1.54, 1.807) is 35.0 Å². The molecular weight excluding hydrogens is 514 g/mol. The molecule has 0 radical (unpaired) electrons. The Morgan fingerprint density at radius 1 is 1.22 bits per heavy atom. The zero-order valence-corrected chi connectivity index (χ0v) is 20.6. The minimum absolute atomic E-state index is 0.132. The molecule has 184 valence electrons. The first-order valence-electron chi connectivity index (χ1n) is 11.3. The number of carboxylic acid groups (broad SMARTS) is 1. The number of tetrazole rings is 1. The molecule has 5 aromatic rings. The van der Waals surface area contributed by atoms with Crippen LogP contribution in [0.15, 0.2) is 65.2 Å². The van der Waals surface area contributed by atoms with E-state index >= 15 is 0 Å². The number of hydrogen-bond acceptors (Lipinski definition) is 7. The predicted octanol–water partition coefficient (Wildman–Crippen LogP) is 4.23. The molecule has 10 nitrogen and oxygen atoms in total. The lowest BCUT2D eigenvalue weighted by Gasteiger charge is -2.15. The van der Waals surface area contributed by atoms with E-state index in [2.05, 4.69) is 25.5 Å². The highest BCUT2D eigenvalue weighted by Gasteiger charge is 2.28. The number of aliphatic carboxylic acids is 1. The van der Waals surface area contributed by atoms with Crippen LogP contribution in [0.5, 0.6) is 0 Å². The fourth-order valence-electron chi connectivity index (χ4n) is 4.61. The lowest BCUT2D eigenvalue weighted by molar-refractivity contribution is -0.131. The quantitative estimate of drug-likeness (QED) is 0.313. The van der Waals surface area contributed by atoms with Gasteiger partial charge in [-0.1, -0.05) is 11.6 Å². The molecule has 1 aliphatic rings. The Bertz CT molecular complexity index is 1720. The summed E-state index contributed by atoms with van der Waals surface area (Å²) in [7, 11) is 0. The summed E-state index contributed by atoms with van der Waals surface area (Å²) in [4.78, 5) is 32.9. The minimum atomic E-state index is -0.991. The van der Waals surface area contributed by atoms with Crippen molar-refractivity contribution in [3.8, 4) is 28.1 Å². The van der Waals surface area contributed by atoms with Gasteiger partial charge in [0.05, 0.1) is 23.6 Å². The molecule has 0 saturated carbocycles. The first-order chi connectivity index (χ1) is 18.0. The Kier molecular flexibility index (Phi) is 5.78. The first-order valence-corrected chi connectivity index (χ1v) is 12.6. The number of carbonyl (C=O) groups is 1. The van der Waals surface area contributed by atoms with Gasteiger partial charge in [0.1, 0.15) is 12.2 Å². The van der Waals surface area contributed by atoms with Gasteiger partial charge in [0, 0.05) is 44.2 Å². The zero-order valence-electron chi connectivity index (χ0n) is 19.1. The number of aryl methyl sites for hydroxylation is 1. The number of carboxylic acids is 1. The van der Waals surface area contributed by atoms with Crippen molar-refractivity contribution in [2.24, 2.45) is 0 Å². The highest BCUT2D eigenvalue weighted by Crippen LogP contribution is 2.35. The Morgan fingerprint density at radius 3 is 2.92 bits per heavy atom. The molecule has 4 aromatic heterocycles. The average molecular weight is 532 g/mol. The fraction of sp³-hybridized carbons (Fsp3) is 0.120. The second-order valence-electron chi connectivity index (χ2n) is 8.51. The molecule has 2 N–H and O–H groups in total. The van der Waals surface area contributed by atoms with Gasteiger partial charge < -0.3 is 14.7 Å². The van der Waals surface area contributed by atoms with Crippen LogP contribution >= 0.6 is 22.9 Å². The number of benzene rings is 1. The second kappa shape index (κ2) is 9.26. The Hall–Kier alpha value is -4.35. The number of imidazole rings is 1. The van der Waals surface area contributed by atoms with E-state index < -0.39 is 5.97 Å². The van der Waals surface area contributed by atoms with Crippen LogP contribution in [0.2, 0.25) is 5.02 Å². The van der Waals surface area contributed by atoms with Crippen molar-refractivity contribution >= 4 is 35.0 Å². The van der Waals surface area contributed by atoms with Crippen molar-refractivity contribution in [3.63, 3.8) is 0 Å².